The Morgan fingerprint density at radius 1 is 1.24 bits per heavy atom. The molecule has 0 heterocycles. The third-order valence-corrected chi connectivity index (χ3v) is 3.37. The Bertz CT molecular complexity index is 322. The molecule has 96 valence electrons. The standard InChI is InChI=1S/C15H24ClN/c1-4-5-8-13(11-17-12(2)3)14-9-6-7-10-15(14)16/h6-7,9-10,12-13,17H,4-5,8,11H2,1-3H3. The van der Waals surface area contributed by atoms with Gasteiger partial charge < -0.3 is 5.32 Å². The number of hydrogen-bond donors (Lipinski definition) is 1. The van der Waals surface area contributed by atoms with E-state index < -0.39 is 0 Å². The summed E-state index contributed by atoms with van der Waals surface area (Å²) in [5.74, 6) is 0.533. The van der Waals surface area contributed by atoms with Crippen LogP contribution in [0.1, 0.15) is 51.5 Å². The van der Waals surface area contributed by atoms with Gasteiger partial charge in [0.2, 0.25) is 0 Å². The number of benzene rings is 1. The zero-order valence-electron chi connectivity index (χ0n) is 11.2. The molecule has 1 rings (SSSR count). The van der Waals surface area contributed by atoms with Gasteiger partial charge in [-0.05, 0) is 24.0 Å². The van der Waals surface area contributed by atoms with Crippen LogP contribution in [0.2, 0.25) is 5.02 Å². The molecule has 0 aliphatic heterocycles. The van der Waals surface area contributed by atoms with Crippen LogP contribution in [0.25, 0.3) is 0 Å². The molecule has 2 heteroatoms. The Balaban J connectivity index is 2.71. The summed E-state index contributed by atoms with van der Waals surface area (Å²) in [6.07, 6.45) is 3.71. The van der Waals surface area contributed by atoms with Gasteiger partial charge in [0.05, 0.1) is 0 Å². The first-order valence-electron chi connectivity index (χ1n) is 6.63. The third-order valence-electron chi connectivity index (χ3n) is 3.02. The molecule has 1 N–H and O–H groups in total. The zero-order valence-corrected chi connectivity index (χ0v) is 11.9. The summed E-state index contributed by atoms with van der Waals surface area (Å²) in [6, 6.07) is 8.76. The molecular formula is C15H24ClN. The van der Waals surface area contributed by atoms with E-state index >= 15 is 0 Å². The lowest BCUT2D eigenvalue weighted by molar-refractivity contribution is 0.495. The number of hydrogen-bond acceptors (Lipinski definition) is 1. The largest absolute Gasteiger partial charge is 0.314 e. The average Bonchev–Trinajstić information content (AvgIpc) is 2.30. The minimum Gasteiger partial charge on any atom is -0.314 e. The van der Waals surface area contributed by atoms with E-state index in [1.165, 1.54) is 24.8 Å². The van der Waals surface area contributed by atoms with Crippen LogP contribution in [0, 0.1) is 0 Å². The summed E-state index contributed by atoms with van der Waals surface area (Å²) in [5.41, 5.74) is 1.29. The maximum Gasteiger partial charge on any atom is 0.0441 e. The molecule has 0 fully saturated rings. The summed E-state index contributed by atoms with van der Waals surface area (Å²) < 4.78 is 0. The van der Waals surface area contributed by atoms with Gasteiger partial charge in [0, 0.05) is 17.6 Å². The Hall–Kier alpha value is -0.530. The van der Waals surface area contributed by atoms with Crippen LogP contribution in [0.4, 0.5) is 0 Å². The van der Waals surface area contributed by atoms with Crippen LogP contribution >= 0.6 is 11.6 Å². The Kier molecular flexibility index (Phi) is 6.61. The molecule has 17 heavy (non-hydrogen) atoms. The van der Waals surface area contributed by atoms with Crippen molar-refractivity contribution in [3.63, 3.8) is 0 Å². The third kappa shape index (κ3) is 5.10. The van der Waals surface area contributed by atoms with Crippen LogP contribution < -0.4 is 5.32 Å². The molecule has 0 aliphatic rings. The Morgan fingerprint density at radius 3 is 2.53 bits per heavy atom. The molecule has 1 unspecified atom stereocenters. The highest BCUT2D eigenvalue weighted by Crippen LogP contribution is 2.28. The van der Waals surface area contributed by atoms with Crippen molar-refractivity contribution in [2.24, 2.45) is 0 Å². The molecule has 1 aromatic carbocycles. The molecule has 0 saturated heterocycles. The number of halogens is 1. The first kappa shape index (κ1) is 14.5. The van der Waals surface area contributed by atoms with E-state index in [0.29, 0.717) is 12.0 Å². The maximum atomic E-state index is 6.29. The second kappa shape index (κ2) is 7.73. The topological polar surface area (TPSA) is 12.0 Å². The monoisotopic (exact) mass is 253 g/mol. The lowest BCUT2D eigenvalue weighted by atomic mass is 9.93. The van der Waals surface area contributed by atoms with E-state index in [1.54, 1.807) is 0 Å². The van der Waals surface area contributed by atoms with E-state index in [0.717, 1.165) is 11.6 Å². The van der Waals surface area contributed by atoms with E-state index in [-0.39, 0.29) is 0 Å². The van der Waals surface area contributed by atoms with Crippen molar-refractivity contribution >= 4 is 11.6 Å². The predicted octanol–water partition coefficient (Wildman–Crippen LogP) is 4.61. The van der Waals surface area contributed by atoms with Gasteiger partial charge in [0.25, 0.3) is 0 Å². The Morgan fingerprint density at radius 2 is 1.94 bits per heavy atom. The summed E-state index contributed by atoms with van der Waals surface area (Å²) >= 11 is 6.29. The molecule has 0 bridgehead atoms. The molecular weight excluding hydrogens is 230 g/mol. The van der Waals surface area contributed by atoms with Crippen molar-refractivity contribution in [2.45, 2.75) is 52.0 Å². The van der Waals surface area contributed by atoms with Crippen LogP contribution in [0.3, 0.4) is 0 Å². The summed E-state index contributed by atoms with van der Waals surface area (Å²) in [6.45, 7) is 7.62. The maximum absolute atomic E-state index is 6.29. The fourth-order valence-corrected chi connectivity index (χ4v) is 2.29. The van der Waals surface area contributed by atoms with E-state index in [2.05, 4.69) is 38.2 Å². The highest BCUT2D eigenvalue weighted by Gasteiger charge is 2.14. The smallest absolute Gasteiger partial charge is 0.0441 e. The van der Waals surface area contributed by atoms with Gasteiger partial charge in [-0.25, -0.2) is 0 Å². The van der Waals surface area contributed by atoms with Gasteiger partial charge in [-0.3, -0.25) is 0 Å². The highest BCUT2D eigenvalue weighted by molar-refractivity contribution is 6.31. The van der Waals surface area contributed by atoms with Crippen molar-refractivity contribution in [3.8, 4) is 0 Å². The van der Waals surface area contributed by atoms with Crippen LogP contribution in [0.15, 0.2) is 24.3 Å². The molecule has 1 aromatic rings. The zero-order chi connectivity index (χ0) is 12.7. The van der Waals surface area contributed by atoms with Crippen LogP contribution in [-0.2, 0) is 0 Å². The quantitative estimate of drug-likeness (QED) is 0.748. The van der Waals surface area contributed by atoms with Gasteiger partial charge in [-0.1, -0.05) is 63.4 Å². The van der Waals surface area contributed by atoms with Crippen molar-refractivity contribution in [1.29, 1.82) is 0 Å². The molecule has 0 saturated carbocycles. The minimum absolute atomic E-state index is 0.529. The molecule has 0 amide bonds. The van der Waals surface area contributed by atoms with Gasteiger partial charge >= 0.3 is 0 Å². The molecule has 1 atom stereocenters. The molecule has 0 radical (unpaired) electrons. The molecule has 0 spiro atoms. The van der Waals surface area contributed by atoms with Gasteiger partial charge in [0.15, 0.2) is 0 Å². The van der Waals surface area contributed by atoms with Crippen molar-refractivity contribution in [3.05, 3.63) is 34.9 Å². The van der Waals surface area contributed by atoms with Crippen molar-refractivity contribution < 1.29 is 0 Å². The van der Waals surface area contributed by atoms with Gasteiger partial charge in [-0.2, -0.15) is 0 Å². The minimum atomic E-state index is 0.529. The normalized spacial score (nSPS) is 13.0. The Labute approximate surface area is 111 Å². The van der Waals surface area contributed by atoms with Gasteiger partial charge in [0.1, 0.15) is 0 Å². The fourth-order valence-electron chi connectivity index (χ4n) is 2.00. The number of rotatable bonds is 7. The van der Waals surface area contributed by atoms with E-state index in [9.17, 15) is 0 Å². The first-order valence-corrected chi connectivity index (χ1v) is 7.00. The number of unbranched alkanes of at least 4 members (excludes halogenated alkanes) is 1. The lowest BCUT2D eigenvalue weighted by Gasteiger charge is -2.20. The van der Waals surface area contributed by atoms with Crippen molar-refractivity contribution in [1.82, 2.24) is 5.32 Å². The second-order valence-electron chi connectivity index (χ2n) is 4.92. The summed E-state index contributed by atoms with van der Waals surface area (Å²) in [7, 11) is 0. The average molecular weight is 254 g/mol. The van der Waals surface area contributed by atoms with E-state index in [4.69, 9.17) is 11.6 Å². The van der Waals surface area contributed by atoms with E-state index in [1.807, 2.05) is 12.1 Å². The first-order chi connectivity index (χ1) is 8.15. The van der Waals surface area contributed by atoms with Crippen LogP contribution in [0.5, 0.6) is 0 Å². The number of nitrogens with one attached hydrogen (secondary N) is 1. The predicted molar refractivity (Wildman–Crippen MR) is 76.9 cm³/mol. The lowest BCUT2D eigenvalue weighted by Crippen LogP contribution is -2.28. The fraction of sp³-hybridized carbons (Fsp3) is 0.600. The molecule has 1 nitrogen and oxygen atoms in total. The van der Waals surface area contributed by atoms with Crippen molar-refractivity contribution in [2.75, 3.05) is 6.54 Å². The summed E-state index contributed by atoms with van der Waals surface area (Å²) in [5, 5.41) is 4.42. The SMILES string of the molecule is CCCCC(CNC(C)C)c1ccccc1Cl. The summed E-state index contributed by atoms with van der Waals surface area (Å²) in [4.78, 5) is 0. The molecule has 0 aromatic heterocycles. The highest BCUT2D eigenvalue weighted by atomic mass is 35.5. The molecule has 0 aliphatic carbocycles. The van der Waals surface area contributed by atoms with Gasteiger partial charge in [-0.15, -0.1) is 0 Å². The van der Waals surface area contributed by atoms with Crippen LogP contribution in [-0.4, -0.2) is 12.6 Å². The second-order valence-corrected chi connectivity index (χ2v) is 5.33.